The van der Waals surface area contributed by atoms with Gasteiger partial charge in [-0.3, -0.25) is 10.1 Å². The zero-order chi connectivity index (χ0) is 14.8. The van der Waals surface area contributed by atoms with Crippen molar-refractivity contribution in [3.63, 3.8) is 0 Å². The summed E-state index contributed by atoms with van der Waals surface area (Å²) in [7, 11) is 0. The number of hydrogen-bond donors (Lipinski definition) is 1. The summed E-state index contributed by atoms with van der Waals surface area (Å²) in [6.45, 7) is 2.28. The molecular formula is C16H14N2O3. The Balaban J connectivity index is 1.98. The third kappa shape index (κ3) is 2.58. The summed E-state index contributed by atoms with van der Waals surface area (Å²) in [5, 5.41) is 11.9. The summed E-state index contributed by atoms with van der Waals surface area (Å²) in [5.41, 5.74) is 2.79. The lowest BCUT2D eigenvalue weighted by molar-refractivity contribution is -0.384. The van der Waals surface area contributed by atoms with Gasteiger partial charge in [-0.1, -0.05) is 30.3 Å². The summed E-state index contributed by atoms with van der Waals surface area (Å²) in [6, 6.07) is 12.7. The van der Waals surface area contributed by atoms with Crippen LogP contribution in [-0.4, -0.2) is 9.91 Å². The topological polar surface area (TPSA) is 68.2 Å². The second kappa shape index (κ2) is 5.28. The number of nitrogens with zero attached hydrogens (tertiary/aromatic N) is 1. The highest BCUT2D eigenvalue weighted by molar-refractivity contribution is 5.90. The fraction of sp³-hybridized carbons (Fsp3) is 0.125. The zero-order valence-electron chi connectivity index (χ0n) is 11.5. The van der Waals surface area contributed by atoms with Gasteiger partial charge >= 0.3 is 0 Å². The molecule has 0 aliphatic carbocycles. The van der Waals surface area contributed by atoms with Crippen LogP contribution in [0.1, 0.15) is 11.1 Å². The van der Waals surface area contributed by atoms with E-state index in [1.165, 1.54) is 6.07 Å². The molecule has 106 valence electrons. The van der Waals surface area contributed by atoms with Crippen molar-refractivity contribution in [1.29, 1.82) is 0 Å². The molecule has 0 fully saturated rings. The SMILES string of the molecule is Cc1c[nH]c2c(OCc3ccccc3)cc([N+](=O)[O-])cc12. The molecule has 0 saturated carbocycles. The molecule has 1 aromatic heterocycles. The Bertz CT molecular complexity index is 794. The van der Waals surface area contributed by atoms with Crippen LogP contribution in [0.15, 0.2) is 48.7 Å². The number of aromatic nitrogens is 1. The highest BCUT2D eigenvalue weighted by atomic mass is 16.6. The number of nitro benzene ring substituents is 1. The molecule has 1 N–H and O–H groups in total. The third-order valence-corrected chi connectivity index (χ3v) is 3.39. The van der Waals surface area contributed by atoms with Crippen molar-refractivity contribution in [2.45, 2.75) is 13.5 Å². The molecule has 0 amide bonds. The predicted molar refractivity (Wildman–Crippen MR) is 80.5 cm³/mol. The van der Waals surface area contributed by atoms with Gasteiger partial charge in [0.05, 0.1) is 16.5 Å². The largest absolute Gasteiger partial charge is 0.486 e. The zero-order valence-corrected chi connectivity index (χ0v) is 11.5. The van der Waals surface area contributed by atoms with Crippen LogP contribution in [0.4, 0.5) is 5.69 Å². The molecule has 0 spiro atoms. The number of ether oxygens (including phenoxy) is 1. The molecule has 3 aromatic rings. The van der Waals surface area contributed by atoms with E-state index >= 15 is 0 Å². The monoisotopic (exact) mass is 282 g/mol. The van der Waals surface area contributed by atoms with Gasteiger partial charge in [-0.2, -0.15) is 0 Å². The first-order chi connectivity index (χ1) is 10.1. The molecule has 0 atom stereocenters. The highest BCUT2D eigenvalue weighted by Crippen LogP contribution is 2.32. The second-order valence-electron chi connectivity index (χ2n) is 4.87. The Kier molecular flexibility index (Phi) is 3.31. The van der Waals surface area contributed by atoms with Crippen molar-refractivity contribution in [1.82, 2.24) is 4.98 Å². The summed E-state index contributed by atoms with van der Waals surface area (Å²) in [6.07, 6.45) is 1.82. The lowest BCUT2D eigenvalue weighted by atomic mass is 10.1. The van der Waals surface area contributed by atoms with Crippen molar-refractivity contribution in [3.05, 3.63) is 69.9 Å². The van der Waals surface area contributed by atoms with Crippen LogP contribution in [0.3, 0.4) is 0 Å². The lowest BCUT2D eigenvalue weighted by Crippen LogP contribution is -1.97. The standard InChI is InChI=1S/C16H14N2O3/c1-11-9-17-16-14(11)7-13(18(19)20)8-15(16)21-10-12-5-3-2-4-6-12/h2-9,17H,10H2,1H3. The van der Waals surface area contributed by atoms with Crippen LogP contribution in [0.2, 0.25) is 0 Å². The minimum Gasteiger partial charge on any atom is -0.486 e. The fourth-order valence-corrected chi connectivity index (χ4v) is 2.27. The minimum atomic E-state index is -0.402. The van der Waals surface area contributed by atoms with Gasteiger partial charge in [0.25, 0.3) is 5.69 Å². The molecule has 0 radical (unpaired) electrons. The van der Waals surface area contributed by atoms with E-state index in [2.05, 4.69) is 4.98 Å². The quantitative estimate of drug-likeness (QED) is 0.581. The average Bonchev–Trinajstić information content (AvgIpc) is 2.87. The summed E-state index contributed by atoms with van der Waals surface area (Å²) in [4.78, 5) is 13.8. The summed E-state index contributed by atoms with van der Waals surface area (Å²) < 4.78 is 5.77. The number of nitrogens with one attached hydrogen (secondary N) is 1. The molecule has 0 saturated heterocycles. The predicted octanol–water partition coefficient (Wildman–Crippen LogP) is 3.96. The molecule has 5 nitrogen and oxygen atoms in total. The number of H-pyrrole nitrogens is 1. The molecule has 0 unspecified atom stereocenters. The molecule has 1 heterocycles. The van der Waals surface area contributed by atoms with Gasteiger partial charge in [0.1, 0.15) is 6.61 Å². The summed E-state index contributed by atoms with van der Waals surface area (Å²) in [5.74, 6) is 0.496. The Labute approximate surface area is 121 Å². The first-order valence-corrected chi connectivity index (χ1v) is 6.58. The number of rotatable bonds is 4. The highest BCUT2D eigenvalue weighted by Gasteiger charge is 2.15. The third-order valence-electron chi connectivity index (χ3n) is 3.39. The van der Waals surface area contributed by atoms with Gasteiger partial charge in [-0.25, -0.2) is 0 Å². The molecular weight excluding hydrogens is 268 g/mol. The van der Waals surface area contributed by atoms with Gasteiger partial charge in [0.15, 0.2) is 5.75 Å². The number of aryl methyl sites for hydroxylation is 1. The number of hydrogen-bond acceptors (Lipinski definition) is 3. The van der Waals surface area contributed by atoms with Crippen molar-refractivity contribution in [3.8, 4) is 5.75 Å². The van der Waals surface area contributed by atoms with E-state index in [1.54, 1.807) is 6.07 Å². The molecule has 0 aliphatic heterocycles. The van der Waals surface area contributed by atoms with Gasteiger partial charge < -0.3 is 9.72 Å². The Hall–Kier alpha value is -2.82. The number of non-ortho nitro benzene ring substituents is 1. The first-order valence-electron chi connectivity index (χ1n) is 6.58. The number of benzene rings is 2. The van der Waals surface area contributed by atoms with Gasteiger partial charge in [0, 0.05) is 17.6 Å². The van der Waals surface area contributed by atoms with Crippen LogP contribution in [-0.2, 0) is 6.61 Å². The van der Waals surface area contributed by atoms with Gasteiger partial charge in [-0.05, 0) is 18.1 Å². The van der Waals surface area contributed by atoms with Crippen molar-refractivity contribution in [2.24, 2.45) is 0 Å². The maximum atomic E-state index is 11.0. The van der Waals surface area contributed by atoms with Crippen LogP contribution in [0, 0.1) is 17.0 Å². The van der Waals surface area contributed by atoms with E-state index in [4.69, 9.17) is 4.74 Å². The number of fused-ring (bicyclic) bond motifs is 1. The van der Waals surface area contributed by atoms with Crippen molar-refractivity contribution < 1.29 is 9.66 Å². The lowest BCUT2D eigenvalue weighted by Gasteiger charge is -2.08. The second-order valence-corrected chi connectivity index (χ2v) is 4.87. The number of nitro groups is 1. The smallest absolute Gasteiger partial charge is 0.273 e. The van der Waals surface area contributed by atoms with Gasteiger partial charge in [-0.15, -0.1) is 0 Å². The van der Waals surface area contributed by atoms with E-state index in [9.17, 15) is 10.1 Å². The van der Waals surface area contributed by atoms with Crippen LogP contribution in [0.25, 0.3) is 10.9 Å². The fourth-order valence-electron chi connectivity index (χ4n) is 2.27. The molecule has 2 aromatic carbocycles. The Morgan fingerprint density at radius 1 is 1.24 bits per heavy atom. The van der Waals surface area contributed by atoms with E-state index in [-0.39, 0.29) is 5.69 Å². The van der Waals surface area contributed by atoms with Gasteiger partial charge in [0.2, 0.25) is 0 Å². The van der Waals surface area contributed by atoms with E-state index in [0.717, 1.165) is 22.0 Å². The maximum Gasteiger partial charge on any atom is 0.273 e. The molecule has 0 bridgehead atoms. The van der Waals surface area contributed by atoms with E-state index in [1.807, 2.05) is 43.5 Å². The van der Waals surface area contributed by atoms with E-state index in [0.29, 0.717) is 12.4 Å². The molecule has 0 aliphatic rings. The van der Waals surface area contributed by atoms with Crippen molar-refractivity contribution in [2.75, 3.05) is 0 Å². The minimum absolute atomic E-state index is 0.0354. The van der Waals surface area contributed by atoms with E-state index < -0.39 is 4.92 Å². The Morgan fingerprint density at radius 3 is 2.71 bits per heavy atom. The molecule has 21 heavy (non-hydrogen) atoms. The summed E-state index contributed by atoms with van der Waals surface area (Å²) >= 11 is 0. The van der Waals surface area contributed by atoms with Crippen molar-refractivity contribution >= 4 is 16.6 Å². The van der Waals surface area contributed by atoms with Crippen LogP contribution >= 0.6 is 0 Å². The number of aromatic amines is 1. The first kappa shape index (κ1) is 13.2. The maximum absolute atomic E-state index is 11.0. The van der Waals surface area contributed by atoms with Crippen LogP contribution in [0.5, 0.6) is 5.75 Å². The molecule has 5 heteroatoms. The normalized spacial score (nSPS) is 10.7. The molecule has 3 rings (SSSR count). The Morgan fingerprint density at radius 2 is 2.00 bits per heavy atom. The van der Waals surface area contributed by atoms with Crippen LogP contribution < -0.4 is 4.74 Å². The average molecular weight is 282 g/mol.